The summed E-state index contributed by atoms with van der Waals surface area (Å²) in [6.45, 7) is 0. The molecule has 0 spiro atoms. The largest absolute Gasteiger partial charge is 0.454 e. The molecule has 0 aliphatic carbocycles. The summed E-state index contributed by atoms with van der Waals surface area (Å²) in [5.74, 6) is 0. The van der Waals surface area contributed by atoms with Gasteiger partial charge in [-0.3, -0.25) is 4.98 Å². The summed E-state index contributed by atoms with van der Waals surface area (Å²) in [5, 5.41) is 5.62. The zero-order valence-electron chi connectivity index (χ0n) is 28.3. The molecule has 0 radical (unpaired) electrons. The molecule has 52 heavy (non-hydrogen) atoms. The van der Waals surface area contributed by atoms with Gasteiger partial charge < -0.3 is 9.32 Å². The van der Waals surface area contributed by atoms with Gasteiger partial charge >= 0.3 is 0 Å². The number of aromatic nitrogens is 1. The highest BCUT2D eigenvalue weighted by Gasteiger charge is 2.20. The molecule has 10 aromatic rings. The number of rotatable bonds is 6. The molecule has 0 amide bonds. The van der Waals surface area contributed by atoms with Gasteiger partial charge in [0.05, 0.1) is 0 Å². The van der Waals surface area contributed by atoms with E-state index in [0.717, 1.165) is 49.9 Å². The fourth-order valence-corrected chi connectivity index (χ4v) is 7.60. The predicted octanol–water partition coefficient (Wildman–Crippen LogP) is 13.8. The van der Waals surface area contributed by atoms with Crippen molar-refractivity contribution in [3.05, 3.63) is 194 Å². The molecule has 8 aromatic carbocycles. The fraction of sp³-hybridized carbons (Fsp3) is 0. The number of benzene rings is 8. The first kappa shape index (κ1) is 29.9. The Labute approximate surface area is 301 Å². The van der Waals surface area contributed by atoms with Gasteiger partial charge in [-0.25, -0.2) is 0 Å². The second kappa shape index (κ2) is 12.4. The van der Waals surface area contributed by atoms with E-state index in [9.17, 15) is 0 Å². The quantitative estimate of drug-likeness (QED) is 0.177. The van der Waals surface area contributed by atoms with E-state index in [-0.39, 0.29) is 0 Å². The van der Waals surface area contributed by atoms with Gasteiger partial charge in [0.15, 0.2) is 5.58 Å². The average Bonchev–Trinajstić information content (AvgIpc) is 3.60. The molecule has 0 aliphatic heterocycles. The van der Waals surface area contributed by atoms with Crippen molar-refractivity contribution in [3.8, 4) is 33.4 Å². The van der Waals surface area contributed by atoms with Crippen molar-refractivity contribution in [2.45, 2.75) is 0 Å². The van der Waals surface area contributed by atoms with E-state index in [4.69, 9.17) is 4.42 Å². The van der Waals surface area contributed by atoms with Crippen LogP contribution in [0.2, 0.25) is 0 Å². The van der Waals surface area contributed by atoms with Crippen LogP contribution in [0.4, 0.5) is 17.1 Å². The number of hydrogen-bond acceptors (Lipinski definition) is 3. The second-order valence-corrected chi connectivity index (χ2v) is 13.2. The molecular formula is C49H32N2O. The smallest absolute Gasteiger partial charge is 0.161 e. The Hall–Kier alpha value is -6.97. The summed E-state index contributed by atoms with van der Waals surface area (Å²) in [5.41, 5.74) is 12.8. The van der Waals surface area contributed by atoms with Crippen LogP contribution in [0.1, 0.15) is 0 Å². The van der Waals surface area contributed by atoms with E-state index < -0.39 is 0 Å². The van der Waals surface area contributed by atoms with Crippen LogP contribution in [0, 0.1) is 0 Å². The van der Waals surface area contributed by atoms with E-state index in [1.54, 1.807) is 0 Å². The minimum Gasteiger partial charge on any atom is -0.454 e. The van der Waals surface area contributed by atoms with Gasteiger partial charge in [-0.05, 0) is 98.8 Å². The van der Waals surface area contributed by atoms with Gasteiger partial charge in [0.25, 0.3) is 0 Å². The van der Waals surface area contributed by atoms with Gasteiger partial charge in [0.2, 0.25) is 0 Å². The zero-order chi connectivity index (χ0) is 34.4. The van der Waals surface area contributed by atoms with Gasteiger partial charge in [0, 0.05) is 39.4 Å². The molecule has 0 saturated carbocycles. The number of fused-ring (bicyclic) bond motifs is 6. The van der Waals surface area contributed by atoms with E-state index in [1.165, 1.54) is 44.2 Å². The standard InChI is InChI=1S/C49H32N2O/c1-3-11-33(12-4-1)34-20-23-38(24-21-34)51(40-26-29-47-46(32-40)44-27-22-37-17-10-30-50-48(37)49(44)52-47)39-25-28-42(35-13-5-2-6-14-35)45(31-39)43-19-9-16-36-15-7-8-18-41(36)43/h1-32H. The van der Waals surface area contributed by atoms with E-state index in [1.807, 2.05) is 12.3 Å². The first-order chi connectivity index (χ1) is 25.8. The molecule has 0 N–H and O–H groups in total. The number of furan rings is 1. The first-order valence-corrected chi connectivity index (χ1v) is 17.6. The summed E-state index contributed by atoms with van der Waals surface area (Å²) in [6, 6.07) is 67.0. The maximum atomic E-state index is 6.48. The van der Waals surface area contributed by atoms with E-state index in [0.29, 0.717) is 0 Å². The second-order valence-electron chi connectivity index (χ2n) is 13.2. The van der Waals surface area contributed by atoms with Gasteiger partial charge in [-0.2, -0.15) is 0 Å². The third-order valence-electron chi connectivity index (χ3n) is 10.1. The Morgan fingerprint density at radius 3 is 1.90 bits per heavy atom. The molecular weight excluding hydrogens is 633 g/mol. The molecule has 2 aromatic heterocycles. The van der Waals surface area contributed by atoms with Crippen molar-refractivity contribution in [2.24, 2.45) is 0 Å². The topological polar surface area (TPSA) is 29.3 Å². The lowest BCUT2D eigenvalue weighted by Gasteiger charge is -2.27. The minimum atomic E-state index is 0.814. The fourth-order valence-electron chi connectivity index (χ4n) is 7.60. The monoisotopic (exact) mass is 664 g/mol. The summed E-state index contributed by atoms with van der Waals surface area (Å²) in [4.78, 5) is 7.04. The van der Waals surface area contributed by atoms with Crippen molar-refractivity contribution in [1.82, 2.24) is 4.98 Å². The SMILES string of the molecule is c1ccc(-c2ccc(N(c3ccc(-c4ccccc4)c(-c4cccc5ccccc45)c3)c3ccc4oc5c(ccc6cccnc65)c4c3)cc2)cc1. The molecule has 3 heteroatoms. The lowest BCUT2D eigenvalue weighted by Crippen LogP contribution is -2.10. The normalized spacial score (nSPS) is 11.5. The third-order valence-corrected chi connectivity index (χ3v) is 10.1. The Bertz CT molecular complexity index is 2890. The molecule has 244 valence electrons. The summed E-state index contributed by atoms with van der Waals surface area (Å²) < 4.78 is 6.48. The van der Waals surface area contributed by atoms with Gasteiger partial charge in [-0.1, -0.05) is 133 Å². The van der Waals surface area contributed by atoms with Crippen LogP contribution in [0.5, 0.6) is 0 Å². The van der Waals surface area contributed by atoms with Crippen LogP contribution in [0.15, 0.2) is 199 Å². The Balaban J connectivity index is 1.20. The zero-order valence-corrected chi connectivity index (χ0v) is 28.3. The molecule has 0 saturated heterocycles. The van der Waals surface area contributed by atoms with Crippen molar-refractivity contribution in [2.75, 3.05) is 4.90 Å². The third kappa shape index (κ3) is 5.10. The summed E-state index contributed by atoms with van der Waals surface area (Å²) in [6.07, 6.45) is 1.83. The molecule has 2 heterocycles. The van der Waals surface area contributed by atoms with Crippen molar-refractivity contribution < 1.29 is 4.42 Å². The average molecular weight is 665 g/mol. The number of pyridine rings is 1. The maximum absolute atomic E-state index is 6.48. The van der Waals surface area contributed by atoms with Crippen molar-refractivity contribution >= 4 is 60.7 Å². The maximum Gasteiger partial charge on any atom is 0.161 e. The summed E-state index contributed by atoms with van der Waals surface area (Å²) >= 11 is 0. The molecule has 0 atom stereocenters. The van der Waals surface area contributed by atoms with E-state index >= 15 is 0 Å². The molecule has 0 bridgehead atoms. The predicted molar refractivity (Wildman–Crippen MR) is 218 cm³/mol. The van der Waals surface area contributed by atoms with Crippen LogP contribution in [-0.2, 0) is 0 Å². The highest BCUT2D eigenvalue weighted by Crippen LogP contribution is 2.44. The van der Waals surface area contributed by atoms with Crippen LogP contribution in [-0.4, -0.2) is 4.98 Å². The summed E-state index contributed by atoms with van der Waals surface area (Å²) in [7, 11) is 0. The number of anilines is 3. The van der Waals surface area contributed by atoms with Crippen molar-refractivity contribution in [3.63, 3.8) is 0 Å². The Kier molecular flexibility index (Phi) is 7.14. The highest BCUT2D eigenvalue weighted by atomic mass is 16.3. The van der Waals surface area contributed by atoms with Crippen LogP contribution >= 0.6 is 0 Å². The molecule has 3 nitrogen and oxygen atoms in total. The van der Waals surface area contributed by atoms with E-state index in [2.05, 4.69) is 192 Å². The Morgan fingerprint density at radius 1 is 0.385 bits per heavy atom. The lowest BCUT2D eigenvalue weighted by molar-refractivity contribution is 0.671. The molecule has 10 rings (SSSR count). The van der Waals surface area contributed by atoms with Crippen LogP contribution in [0.25, 0.3) is 77.0 Å². The molecule has 0 fully saturated rings. The molecule has 0 unspecified atom stereocenters. The number of hydrogen-bond donors (Lipinski definition) is 0. The van der Waals surface area contributed by atoms with Crippen molar-refractivity contribution in [1.29, 1.82) is 0 Å². The van der Waals surface area contributed by atoms with Crippen LogP contribution in [0.3, 0.4) is 0 Å². The molecule has 0 aliphatic rings. The van der Waals surface area contributed by atoms with Gasteiger partial charge in [0.1, 0.15) is 11.1 Å². The Morgan fingerprint density at radius 2 is 1.06 bits per heavy atom. The number of nitrogens with zero attached hydrogens (tertiary/aromatic N) is 2. The lowest BCUT2D eigenvalue weighted by atomic mass is 9.90. The van der Waals surface area contributed by atoms with Gasteiger partial charge in [-0.15, -0.1) is 0 Å². The van der Waals surface area contributed by atoms with Crippen LogP contribution < -0.4 is 4.90 Å². The minimum absolute atomic E-state index is 0.814. The highest BCUT2D eigenvalue weighted by molar-refractivity contribution is 6.14. The first-order valence-electron chi connectivity index (χ1n) is 17.6.